The fourth-order valence-corrected chi connectivity index (χ4v) is 4.05. The van der Waals surface area contributed by atoms with Gasteiger partial charge in [0.1, 0.15) is 0 Å². The van der Waals surface area contributed by atoms with Crippen molar-refractivity contribution in [1.82, 2.24) is 4.90 Å². The molecule has 2 bridgehead atoms. The summed E-state index contributed by atoms with van der Waals surface area (Å²) in [5.41, 5.74) is 7.78. The Kier molecular flexibility index (Phi) is 3.40. The van der Waals surface area contributed by atoms with Crippen molar-refractivity contribution in [2.45, 2.75) is 31.8 Å². The summed E-state index contributed by atoms with van der Waals surface area (Å²) in [4.78, 5) is 2.44. The molecule has 98 valence electrons. The molecule has 0 saturated heterocycles. The predicted molar refractivity (Wildman–Crippen MR) is 75.1 cm³/mol. The Morgan fingerprint density at radius 3 is 2.56 bits per heavy atom. The van der Waals surface area contributed by atoms with Crippen LogP contribution in [0.3, 0.4) is 0 Å². The maximum atomic E-state index is 6.38. The molecule has 1 aromatic rings. The molecule has 4 atom stereocenters. The highest BCUT2D eigenvalue weighted by molar-refractivity contribution is 5.14. The normalized spacial score (nSPS) is 34.4. The zero-order valence-corrected chi connectivity index (χ0v) is 11.3. The lowest BCUT2D eigenvalue weighted by atomic mass is 9.84. The van der Waals surface area contributed by atoms with E-state index in [4.69, 9.17) is 5.73 Å². The van der Waals surface area contributed by atoms with Crippen molar-refractivity contribution >= 4 is 0 Å². The molecular formula is C16H24N2. The van der Waals surface area contributed by atoms with Gasteiger partial charge in [0.2, 0.25) is 0 Å². The molecule has 2 nitrogen and oxygen atoms in total. The Morgan fingerprint density at radius 1 is 1.17 bits per heavy atom. The zero-order chi connectivity index (χ0) is 12.5. The van der Waals surface area contributed by atoms with E-state index in [2.05, 4.69) is 42.3 Å². The SMILES string of the molecule is CN(Cc1ccccc1)CC1C2CCC(C2)C1N. The quantitative estimate of drug-likeness (QED) is 0.881. The summed E-state index contributed by atoms with van der Waals surface area (Å²) < 4.78 is 0. The molecule has 0 amide bonds. The van der Waals surface area contributed by atoms with E-state index in [0.717, 1.165) is 30.8 Å². The lowest BCUT2D eigenvalue weighted by Crippen LogP contribution is -2.41. The number of nitrogens with zero attached hydrogens (tertiary/aromatic N) is 1. The van der Waals surface area contributed by atoms with Gasteiger partial charge in [-0.15, -0.1) is 0 Å². The number of nitrogens with two attached hydrogens (primary N) is 1. The van der Waals surface area contributed by atoms with E-state index in [1.165, 1.54) is 24.8 Å². The van der Waals surface area contributed by atoms with Crippen LogP contribution in [0.5, 0.6) is 0 Å². The molecule has 0 heterocycles. The van der Waals surface area contributed by atoms with Crippen molar-refractivity contribution in [1.29, 1.82) is 0 Å². The molecule has 2 aliphatic carbocycles. The Balaban J connectivity index is 1.57. The summed E-state index contributed by atoms with van der Waals surface area (Å²) in [6.45, 7) is 2.21. The van der Waals surface area contributed by atoms with Crippen LogP contribution in [-0.4, -0.2) is 24.5 Å². The topological polar surface area (TPSA) is 29.3 Å². The number of benzene rings is 1. The first kappa shape index (κ1) is 12.2. The van der Waals surface area contributed by atoms with Gasteiger partial charge in [-0.2, -0.15) is 0 Å². The third-order valence-corrected chi connectivity index (χ3v) is 4.98. The van der Waals surface area contributed by atoms with E-state index in [1.54, 1.807) is 0 Å². The second-order valence-electron chi connectivity index (χ2n) is 6.26. The lowest BCUT2D eigenvalue weighted by Gasteiger charge is -2.31. The summed E-state index contributed by atoms with van der Waals surface area (Å²) in [6, 6.07) is 11.2. The average Bonchev–Trinajstić information content (AvgIpc) is 2.94. The van der Waals surface area contributed by atoms with Crippen LogP contribution in [0.15, 0.2) is 30.3 Å². The Labute approximate surface area is 110 Å². The smallest absolute Gasteiger partial charge is 0.0230 e. The summed E-state index contributed by atoms with van der Waals surface area (Å²) in [5, 5.41) is 0. The van der Waals surface area contributed by atoms with Crippen LogP contribution in [0, 0.1) is 17.8 Å². The zero-order valence-electron chi connectivity index (χ0n) is 11.3. The van der Waals surface area contributed by atoms with Crippen LogP contribution in [0.2, 0.25) is 0 Å². The molecule has 2 aliphatic rings. The largest absolute Gasteiger partial charge is 0.327 e. The highest BCUT2D eigenvalue weighted by Gasteiger charge is 2.45. The molecule has 2 fully saturated rings. The molecular weight excluding hydrogens is 220 g/mol. The molecule has 2 saturated carbocycles. The highest BCUT2D eigenvalue weighted by atomic mass is 15.1. The van der Waals surface area contributed by atoms with Crippen molar-refractivity contribution in [3.63, 3.8) is 0 Å². The minimum Gasteiger partial charge on any atom is -0.327 e. The van der Waals surface area contributed by atoms with Gasteiger partial charge in [0.25, 0.3) is 0 Å². The van der Waals surface area contributed by atoms with E-state index in [-0.39, 0.29) is 0 Å². The maximum absolute atomic E-state index is 6.38. The maximum Gasteiger partial charge on any atom is 0.0230 e. The minimum atomic E-state index is 0.460. The average molecular weight is 244 g/mol. The van der Waals surface area contributed by atoms with Crippen molar-refractivity contribution in [2.24, 2.45) is 23.5 Å². The van der Waals surface area contributed by atoms with E-state index < -0.39 is 0 Å². The number of hydrogen-bond acceptors (Lipinski definition) is 2. The standard InChI is InChI=1S/C16H24N2/c1-18(10-12-5-3-2-4-6-12)11-15-13-7-8-14(9-13)16(15)17/h2-6,13-16H,7-11,17H2,1H3. The third kappa shape index (κ3) is 2.32. The van der Waals surface area contributed by atoms with Crippen LogP contribution in [0.1, 0.15) is 24.8 Å². The van der Waals surface area contributed by atoms with Crippen molar-refractivity contribution in [2.75, 3.05) is 13.6 Å². The van der Waals surface area contributed by atoms with Crippen molar-refractivity contribution < 1.29 is 0 Å². The molecule has 2 heteroatoms. The Morgan fingerprint density at radius 2 is 1.89 bits per heavy atom. The Hall–Kier alpha value is -0.860. The molecule has 2 N–H and O–H groups in total. The van der Waals surface area contributed by atoms with E-state index in [1.807, 2.05) is 0 Å². The second-order valence-corrected chi connectivity index (χ2v) is 6.26. The molecule has 0 spiro atoms. The molecule has 0 radical (unpaired) electrons. The third-order valence-electron chi connectivity index (χ3n) is 4.98. The van der Waals surface area contributed by atoms with Crippen LogP contribution >= 0.6 is 0 Å². The van der Waals surface area contributed by atoms with Crippen molar-refractivity contribution in [3.8, 4) is 0 Å². The number of hydrogen-bond donors (Lipinski definition) is 1. The van der Waals surface area contributed by atoms with Crippen LogP contribution in [0.4, 0.5) is 0 Å². The van der Waals surface area contributed by atoms with Gasteiger partial charge < -0.3 is 10.6 Å². The fourth-order valence-electron chi connectivity index (χ4n) is 4.05. The summed E-state index contributed by atoms with van der Waals surface area (Å²) >= 11 is 0. The number of rotatable bonds is 4. The fraction of sp³-hybridized carbons (Fsp3) is 0.625. The number of fused-ring (bicyclic) bond motifs is 2. The minimum absolute atomic E-state index is 0.460. The first-order chi connectivity index (χ1) is 8.74. The summed E-state index contributed by atoms with van der Waals surface area (Å²) in [6.07, 6.45) is 4.19. The van der Waals surface area contributed by atoms with E-state index >= 15 is 0 Å². The van der Waals surface area contributed by atoms with Gasteiger partial charge in [-0.25, -0.2) is 0 Å². The van der Waals surface area contributed by atoms with Gasteiger partial charge in [0.15, 0.2) is 0 Å². The van der Waals surface area contributed by atoms with Crippen LogP contribution in [0.25, 0.3) is 0 Å². The van der Waals surface area contributed by atoms with E-state index in [0.29, 0.717) is 6.04 Å². The molecule has 3 rings (SSSR count). The Bertz CT molecular complexity index is 387. The second kappa shape index (κ2) is 5.02. The predicted octanol–water partition coefficient (Wildman–Crippen LogP) is 2.49. The first-order valence-electron chi connectivity index (χ1n) is 7.22. The first-order valence-corrected chi connectivity index (χ1v) is 7.22. The van der Waals surface area contributed by atoms with Gasteiger partial charge in [0.05, 0.1) is 0 Å². The van der Waals surface area contributed by atoms with Crippen LogP contribution in [-0.2, 0) is 6.54 Å². The van der Waals surface area contributed by atoms with Gasteiger partial charge in [-0.1, -0.05) is 30.3 Å². The lowest BCUT2D eigenvalue weighted by molar-refractivity contribution is 0.194. The summed E-state index contributed by atoms with van der Waals surface area (Å²) in [5.74, 6) is 2.46. The molecule has 1 aromatic carbocycles. The molecule has 0 aromatic heterocycles. The van der Waals surface area contributed by atoms with Gasteiger partial charge in [-0.3, -0.25) is 0 Å². The summed E-state index contributed by atoms with van der Waals surface area (Å²) in [7, 11) is 2.23. The van der Waals surface area contributed by atoms with Gasteiger partial charge in [-0.05, 0) is 49.6 Å². The highest BCUT2D eigenvalue weighted by Crippen LogP contribution is 2.47. The molecule has 4 unspecified atom stereocenters. The van der Waals surface area contributed by atoms with Gasteiger partial charge >= 0.3 is 0 Å². The molecule has 0 aliphatic heterocycles. The monoisotopic (exact) mass is 244 g/mol. The van der Waals surface area contributed by atoms with E-state index in [9.17, 15) is 0 Å². The van der Waals surface area contributed by atoms with Crippen LogP contribution < -0.4 is 5.73 Å². The van der Waals surface area contributed by atoms with Gasteiger partial charge in [0, 0.05) is 19.1 Å². The molecule has 18 heavy (non-hydrogen) atoms. The van der Waals surface area contributed by atoms with Crippen molar-refractivity contribution in [3.05, 3.63) is 35.9 Å².